The molecule has 0 aliphatic rings. The lowest BCUT2D eigenvalue weighted by atomic mass is 9.90. The topological polar surface area (TPSA) is 50.2 Å². The summed E-state index contributed by atoms with van der Waals surface area (Å²) < 4.78 is 0. The summed E-state index contributed by atoms with van der Waals surface area (Å²) in [6.45, 7) is 3.81. The first kappa shape index (κ1) is 17.8. The lowest BCUT2D eigenvalue weighted by Crippen LogP contribution is -2.12. The summed E-state index contributed by atoms with van der Waals surface area (Å²) in [5, 5.41) is 11.5. The fraction of sp³-hybridized carbons (Fsp3) is 0.200. The third kappa shape index (κ3) is 3.65. The van der Waals surface area contributed by atoms with Crippen molar-refractivity contribution in [1.29, 1.82) is 0 Å². The van der Waals surface area contributed by atoms with Crippen molar-refractivity contribution in [3.8, 4) is 0 Å². The summed E-state index contributed by atoms with van der Waals surface area (Å²) in [4.78, 5) is 16.4. The minimum Gasteiger partial charge on any atom is -0.480 e. The maximum absolute atomic E-state index is 11.2. The van der Waals surface area contributed by atoms with Gasteiger partial charge in [0.2, 0.25) is 0 Å². The third-order valence-electron chi connectivity index (χ3n) is 4.30. The van der Waals surface area contributed by atoms with Gasteiger partial charge in [-0.25, -0.2) is 0 Å². The number of carboxylic acid groups (broad SMARTS) is 1. The van der Waals surface area contributed by atoms with Crippen molar-refractivity contribution in [1.82, 2.24) is 4.98 Å². The first-order chi connectivity index (χ1) is 12.0. The van der Waals surface area contributed by atoms with Gasteiger partial charge in [0.05, 0.1) is 0 Å². The number of thioether (sulfide) groups is 1. The van der Waals surface area contributed by atoms with Crippen molar-refractivity contribution < 1.29 is 9.90 Å². The van der Waals surface area contributed by atoms with Crippen LogP contribution < -0.4 is 0 Å². The molecule has 25 heavy (non-hydrogen) atoms. The molecule has 0 saturated carbocycles. The Morgan fingerprint density at radius 3 is 2.52 bits per heavy atom. The predicted molar refractivity (Wildman–Crippen MR) is 104 cm³/mol. The molecule has 1 N–H and O–H groups in total. The standard InChI is InChI=1S/C20H18ClNO2S/c1-12(14-7-8-18(21)16-6-4-3-5-15(14)16)17-11-22-10-9-19(17)25-13(2)20(23)24/h3-13H,1-2H3,(H,23,24). The van der Waals surface area contributed by atoms with Gasteiger partial charge in [-0.1, -0.05) is 48.9 Å². The summed E-state index contributed by atoms with van der Waals surface area (Å²) in [7, 11) is 0. The van der Waals surface area contributed by atoms with Crippen LogP contribution in [-0.4, -0.2) is 21.3 Å². The van der Waals surface area contributed by atoms with Crippen LogP contribution in [0.25, 0.3) is 10.8 Å². The van der Waals surface area contributed by atoms with Gasteiger partial charge in [-0.3, -0.25) is 9.78 Å². The maximum atomic E-state index is 11.2. The Kier molecular flexibility index (Phi) is 5.30. The first-order valence-electron chi connectivity index (χ1n) is 7.99. The maximum Gasteiger partial charge on any atom is 0.316 e. The lowest BCUT2D eigenvalue weighted by Gasteiger charge is -2.19. The summed E-state index contributed by atoms with van der Waals surface area (Å²) in [5.41, 5.74) is 2.17. The van der Waals surface area contributed by atoms with E-state index in [-0.39, 0.29) is 5.92 Å². The zero-order chi connectivity index (χ0) is 18.0. The number of aromatic nitrogens is 1. The van der Waals surface area contributed by atoms with Crippen LogP contribution in [0.2, 0.25) is 5.02 Å². The van der Waals surface area contributed by atoms with Gasteiger partial charge in [0, 0.05) is 33.6 Å². The average molecular weight is 372 g/mol. The smallest absolute Gasteiger partial charge is 0.316 e. The second-order valence-corrected chi connectivity index (χ2v) is 7.71. The van der Waals surface area contributed by atoms with Crippen molar-refractivity contribution in [2.24, 2.45) is 0 Å². The Balaban J connectivity index is 2.07. The SMILES string of the molecule is CC(Sc1ccncc1C(C)c1ccc(Cl)c2ccccc12)C(=O)O. The number of halogens is 1. The molecule has 0 aliphatic carbocycles. The van der Waals surface area contributed by atoms with E-state index in [0.29, 0.717) is 0 Å². The fourth-order valence-electron chi connectivity index (χ4n) is 2.90. The normalized spacial score (nSPS) is 13.6. The van der Waals surface area contributed by atoms with Crippen LogP contribution in [0.5, 0.6) is 0 Å². The van der Waals surface area contributed by atoms with E-state index in [1.807, 2.05) is 42.6 Å². The Hall–Kier alpha value is -2.04. The molecular formula is C20H18ClNO2S. The molecule has 3 aromatic rings. The van der Waals surface area contributed by atoms with Crippen molar-refractivity contribution >= 4 is 40.1 Å². The predicted octanol–water partition coefficient (Wildman–Crippen LogP) is 5.61. The molecule has 0 bridgehead atoms. The fourth-order valence-corrected chi connectivity index (χ4v) is 4.11. The molecule has 0 radical (unpaired) electrons. The molecule has 1 aromatic heterocycles. The lowest BCUT2D eigenvalue weighted by molar-refractivity contribution is -0.136. The number of hydrogen-bond acceptors (Lipinski definition) is 3. The van der Waals surface area contributed by atoms with Gasteiger partial charge in [-0.2, -0.15) is 0 Å². The molecule has 5 heteroatoms. The minimum atomic E-state index is -0.822. The molecule has 2 unspecified atom stereocenters. The van der Waals surface area contributed by atoms with Crippen LogP contribution >= 0.6 is 23.4 Å². The molecule has 2 atom stereocenters. The molecular weight excluding hydrogens is 354 g/mol. The monoisotopic (exact) mass is 371 g/mol. The highest BCUT2D eigenvalue weighted by atomic mass is 35.5. The quantitative estimate of drug-likeness (QED) is 0.592. The van der Waals surface area contributed by atoms with Crippen LogP contribution in [0.4, 0.5) is 0 Å². The van der Waals surface area contributed by atoms with E-state index < -0.39 is 11.2 Å². The van der Waals surface area contributed by atoms with Crippen molar-refractivity contribution in [3.05, 3.63) is 71.0 Å². The van der Waals surface area contributed by atoms with E-state index in [1.54, 1.807) is 13.1 Å². The average Bonchev–Trinajstić information content (AvgIpc) is 2.62. The molecule has 3 nitrogen and oxygen atoms in total. The van der Waals surface area contributed by atoms with Crippen LogP contribution in [0.3, 0.4) is 0 Å². The van der Waals surface area contributed by atoms with Crippen LogP contribution in [0.1, 0.15) is 30.9 Å². The van der Waals surface area contributed by atoms with Gasteiger partial charge in [-0.15, -0.1) is 11.8 Å². The molecule has 2 aromatic carbocycles. The third-order valence-corrected chi connectivity index (χ3v) is 5.81. The number of rotatable bonds is 5. The van der Waals surface area contributed by atoms with Crippen LogP contribution in [-0.2, 0) is 4.79 Å². The summed E-state index contributed by atoms with van der Waals surface area (Å²) in [5.74, 6) is -0.753. The number of benzene rings is 2. The number of carboxylic acids is 1. The largest absolute Gasteiger partial charge is 0.480 e. The molecule has 3 rings (SSSR count). The van der Waals surface area contributed by atoms with Crippen LogP contribution in [0.15, 0.2) is 59.8 Å². The number of fused-ring (bicyclic) bond motifs is 1. The highest BCUT2D eigenvalue weighted by molar-refractivity contribution is 8.00. The Bertz CT molecular complexity index is 928. The van der Waals surface area contributed by atoms with E-state index in [0.717, 1.165) is 31.8 Å². The second kappa shape index (κ2) is 7.46. The first-order valence-corrected chi connectivity index (χ1v) is 9.25. The molecule has 0 saturated heterocycles. The molecule has 0 spiro atoms. The second-order valence-electron chi connectivity index (χ2n) is 5.92. The molecule has 1 heterocycles. The zero-order valence-corrected chi connectivity index (χ0v) is 15.5. The molecule has 0 aliphatic heterocycles. The van der Waals surface area contributed by atoms with Crippen LogP contribution in [0, 0.1) is 0 Å². The van der Waals surface area contributed by atoms with Crippen molar-refractivity contribution in [2.45, 2.75) is 29.9 Å². The van der Waals surface area contributed by atoms with E-state index in [1.165, 1.54) is 11.8 Å². The number of hydrogen-bond donors (Lipinski definition) is 1. The van der Waals surface area contributed by atoms with Crippen molar-refractivity contribution in [2.75, 3.05) is 0 Å². The molecule has 0 amide bonds. The summed E-state index contributed by atoms with van der Waals surface area (Å²) >= 11 is 7.68. The summed E-state index contributed by atoms with van der Waals surface area (Å²) in [6.07, 6.45) is 3.53. The Morgan fingerprint density at radius 1 is 1.08 bits per heavy atom. The highest BCUT2D eigenvalue weighted by Gasteiger charge is 2.20. The van der Waals surface area contributed by atoms with Gasteiger partial charge >= 0.3 is 5.97 Å². The van der Waals surface area contributed by atoms with Gasteiger partial charge in [0.25, 0.3) is 0 Å². The number of carbonyl (C=O) groups is 1. The Morgan fingerprint density at radius 2 is 1.80 bits per heavy atom. The van der Waals surface area contributed by atoms with E-state index in [2.05, 4.69) is 18.0 Å². The Labute approximate surface area is 156 Å². The minimum absolute atomic E-state index is 0.0689. The van der Waals surface area contributed by atoms with Gasteiger partial charge in [0.1, 0.15) is 5.25 Å². The number of pyridine rings is 1. The van der Waals surface area contributed by atoms with E-state index in [4.69, 9.17) is 11.6 Å². The molecule has 128 valence electrons. The number of nitrogens with zero attached hydrogens (tertiary/aromatic N) is 1. The highest BCUT2D eigenvalue weighted by Crippen LogP contribution is 2.38. The number of aliphatic carboxylic acids is 1. The summed E-state index contributed by atoms with van der Waals surface area (Å²) in [6, 6.07) is 13.9. The van der Waals surface area contributed by atoms with E-state index >= 15 is 0 Å². The van der Waals surface area contributed by atoms with Gasteiger partial charge in [0.15, 0.2) is 0 Å². The van der Waals surface area contributed by atoms with Gasteiger partial charge < -0.3 is 5.11 Å². The van der Waals surface area contributed by atoms with E-state index in [9.17, 15) is 9.90 Å². The van der Waals surface area contributed by atoms with Crippen molar-refractivity contribution in [3.63, 3.8) is 0 Å². The van der Waals surface area contributed by atoms with Gasteiger partial charge in [-0.05, 0) is 35.6 Å². The zero-order valence-electron chi connectivity index (χ0n) is 13.9. The molecule has 0 fully saturated rings.